The molecule has 0 atom stereocenters. The zero-order chi connectivity index (χ0) is 35.2. The highest BCUT2D eigenvalue weighted by Crippen LogP contribution is 2.23. The van der Waals surface area contributed by atoms with Crippen molar-refractivity contribution in [3.05, 3.63) is 120 Å². The van der Waals surface area contributed by atoms with E-state index in [9.17, 15) is 9.59 Å². The largest absolute Gasteiger partial charge is 0.496 e. The Hall–Kier alpha value is -4.34. The minimum Gasteiger partial charge on any atom is -0.496 e. The summed E-state index contributed by atoms with van der Waals surface area (Å²) in [6.45, 7) is 2.20. The van der Waals surface area contributed by atoms with Crippen molar-refractivity contribution >= 4 is 57.6 Å². The van der Waals surface area contributed by atoms with Crippen molar-refractivity contribution in [1.82, 2.24) is 5.32 Å². The van der Waals surface area contributed by atoms with E-state index in [2.05, 4.69) is 57.1 Å². The second-order valence-electron chi connectivity index (χ2n) is 11.6. The lowest BCUT2D eigenvalue weighted by molar-refractivity contribution is -0.699. The zero-order valence-corrected chi connectivity index (χ0v) is 30.8. The maximum absolute atomic E-state index is 12.5. The summed E-state index contributed by atoms with van der Waals surface area (Å²) in [5.74, 6) is 3.85. The van der Waals surface area contributed by atoms with Gasteiger partial charge in [0.2, 0.25) is 17.3 Å². The van der Waals surface area contributed by atoms with Gasteiger partial charge in [-0.1, -0.05) is 58.0 Å². The number of hydrogen-bond donors (Lipinski definition) is 1. The maximum atomic E-state index is 12.5. The molecule has 262 valence electrons. The lowest BCUT2D eigenvalue weighted by atomic mass is 10.1. The highest BCUT2D eigenvalue weighted by atomic mass is 33.1. The van der Waals surface area contributed by atoms with Gasteiger partial charge in [-0.25, -0.2) is 0 Å². The fraction of sp³-hybridized carbons (Fsp3) is 0.317. The fourth-order valence-corrected chi connectivity index (χ4v) is 7.39. The Balaban J connectivity index is 1.03. The average molecular weight is 712 g/mol. The van der Waals surface area contributed by atoms with Gasteiger partial charge < -0.3 is 14.8 Å². The number of carbonyl (C=O) groups excluding carboxylic acids is 2. The molecule has 2 aromatic heterocycles. The second-order valence-corrected chi connectivity index (χ2v) is 14.3. The molecule has 1 amide bonds. The summed E-state index contributed by atoms with van der Waals surface area (Å²) in [6.07, 6.45) is 16.5. The van der Waals surface area contributed by atoms with Crippen molar-refractivity contribution in [2.24, 2.45) is 0 Å². The standard InChI is InChI=1S/C41H48N3O4S2/c1-47-39-20-5-3-14-34(39)23-25-36-16-7-9-28-43(36)30-11-18-38(45)19-13-32-49-50-33-27-42-41(46)22-12-31-44-29-10-8-17-37(44)26-24-35-15-4-6-21-40(35)48-2/h3-10,14-17,20-21,23-26,28-29H,11-13,18-19,22,27,30-33H2,1-2H3/q+1/p+1/b25-23+,26-24+. The number of aryl methyl sites for hydroxylation is 2. The van der Waals surface area contributed by atoms with Crippen LogP contribution in [0.3, 0.4) is 0 Å². The molecule has 4 rings (SSSR count). The molecule has 0 fully saturated rings. The molecule has 0 radical (unpaired) electrons. The third-order valence-electron chi connectivity index (χ3n) is 8.03. The third-order valence-corrected chi connectivity index (χ3v) is 10.5. The zero-order valence-electron chi connectivity index (χ0n) is 29.2. The van der Waals surface area contributed by atoms with Crippen molar-refractivity contribution in [3.8, 4) is 11.5 Å². The first-order valence-electron chi connectivity index (χ1n) is 17.2. The van der Waals surface area contributed by atoms with Crippen molar-refractivity contribution < 1.29 is 28.2 Å². The van der Waals surface area contributed by atoms with Crippen LogP contribution in [0.1, 0.15) is 61.0 Å². The lowest BCUT2D eigenvalue weighted by Gasteiger charge is -2.06. The van der Waals surface area contributed by atoms with E-state index in [1.54, 1.807) is 35.8 Å². The molecule has 0 aliphatic rings. The number of benzene rings is 2. The summed E-state index contributed by atoms with van der Waals surface area (Å²) in [6, 6.07) is 28.1. The number of amides is 1. The van der Waals surface area contributed by atoms with Crippen molar-refractivity contribution in [3.63, 3.8) is 0 Å². The van der Waals surface area contributed by atoms with E-state index in [0.29, 0.717) is 31.6 Å². The third kappa shape index (κ3) is 13.5. The van der Waals surface area contributed by atoms with E-state index in [4.69, 9.17) is 9.47 Å². The number of carbonyl (C=O) groups is 2. The van der Waals surface area contributed by atoms with Crippen LogP contribution in [0.4, 0.5) is 0 Å². The number of aromatic nitrogens is 2. The summed E-state index contributed by atoms with van der Waals surface area (Å²) < 4.78 is 15.3. The topological polar surface area (TPSA) is 72.4 Å². The molecule has 7 nitrogen and oxygen atoms in total. The van der Waals surface area contributed by atoms with Gasteiger partial charge in [-0.15, -0.1) is 0 Å². The Bertz CT molecular complexity index is 1580. The van der Waals surface area contributed by atoms with Crippen LogP contribution in [0, 0.1) is 0 Å². The van der Waals surface area contributed by atoms with E-state index in [-0.39, 0.29) is 5.91 Å². The molecule has 0 spiro atoms. The summed E-state index contributed by atoms with van der Waals surface area (Å²) in [5.41, 5.74) is 4.21. The van der Waals surface area contributed by atoms with E-state index < -0.39 is 0 Å². The van der Waals surface area contributed by atoms with Gasteiger partial charge in [0, 0.05) is 97.7 Å². The van der Waals surface area contributed by atoms with Crippen molar-refractivity contribution in [1.29, 1.82) is 0 Å². The van der Waals surface area contributed by atoms with Gasteiger partial charge in [0.25, 0.3) is 0 Å². The number of rotatable bonds is 22. The Labute approximate surface area is 305 Å². The molecule has 2 heterocycles. The molecule has 0 saturated heterocycles. The van der Waals surface area contributed by atoms with Crippen LogP contribution < -0.4 is 23.9 Å². The number of para-hydroxylation sites is 2. The van der Waals surface area contributed by atoms with Crippen LogP contribution >= 0.6 is 21.6 Å². The van der Waals surface area contributed by atoms with Crippen LogP contribution in [0.25, 0.3) is 24.3 Å². The molecular formula is C41H49N3O4S2+2. The van der Waals surface area contributed by atoms with Gasteiger partial charge in [-0.3, -0.25) is 9.59 Å². The first kappa shape index (κ1) is 38.5. The molecular weight excluding hydrogens is 663 g/mol. The highest BCUT2D eigenvalue weighted by Gasteiger charge is 2.11. The number of ketones is 1. The van der Waals surface area contributed by atoms with Crippen molar-refractivity contribution in [2.45, 2.75) is 51.6 Å². The Morgan fingerprint density at radius 3 is 1.70 bits per heavy atom. The lowest BCUT2D eigenvalue weighted by Crippen LogP contribution is -2.37. The number of nitrogens with zero attached hydrogens (tertiary/aromatic N) is 2. The fourth-order valence-electron chi connectivity index (χ4n) is 5.40. The van der Waals surface area contributed by atoms with E-state index >= 15 is 0 Å². The van der Waals surface area contributed by atoms with Crippen LogP contribution in [-0.2, 0) is 22.7 Å². The maximum Gasteiger partial charge on any atom is 0.220 e. The van der Waals surface area contributed by atoms with Crippen LogP contribution in [-0.4, -0.2) is 44.0 Å². The predicted molar refractivity (Wildman–Crippen MR) is 208 cm³/mol. The molecule has 0 unspecified atom stereocenters. The van der Waals surface area contributed by atoms with Gasteiger partial charge in [0.1, 0.15) is 30.4 Å². The quantitative estimate of drug-likeness (QED) is 0.0512. The summed E-state index contributed by atoms with van der Waals surface area (Å²) in [5, 5.41) is 3.04. The monoisotopic (exact) mass is 711 g/mol. The molecule has 4 aromatic rings. The van der Waals surface area contributed by atoms with E-state index in [0.717, 1.165) is 77.9 Å². The Kier molecular flexibility index (Phi) is 17.2. The number of pyridine rings is 2. The summed E-state index contributed by atoms with van der Waals surface area (Å²) >= 11 is 0. The molecule has 2 aromatic carbocycles. The molecule has 0 aliphatic carbocycles. The molecule has 0 bridgehead atoms. The average Bonchev–Trinajstić information content (AvgIpc) is 3.15. The number of Topliss-reactive ketones (excluding diaryl/α,β-unsaturated/α-hetero) is 1. The van der Waals surface area contributed by atoms with Gasteiger partial charge in [-0.2, -0.15) is 9.13 Å². The minimum atomic E-state index is 0.0806. The van der Waals surface area contributed by atoms with Crippen molar-refractivity contribution in [2.75, 3.05) is 32.3 Å². The first-order chi connectivity index (χ1) is 24.6. The molecule has 1 N–H and O–H groups in total. The smallest absolute Gasteiger partial charge is 0.220 e. The van der Waals surface area contributed by atoms with Gasteiger partial charge in [0.05, 0.1) is 14.2 Å². The first-order valence-corrected chi connectivity index (χ1v) is 19.7. The van der Waals surface area contributed by atoms with Crippen LogP contribution in [0.15, 0.2) is 97.3 Å². The van der Waals surface area contributed by atoms with Crippen LogP contribution in [0.5, 0.6) is 11.5 Å². The highest BCUT2D eigenvalue weighted by molar-refractivity contribution is 8.76. The summed E-state index contributed by atoms with van der Waals surface area (Å²) in [4.78, 5) is 24.9. The normalized spacial score (nSPS) is 11.2. The van der Waals surface area contributed by atoms with Crippen LogP contribution in [0.2, 0.25) is 0 Å². The van der Waals surface area contributed by atoms with Gasteiger partial charge in [0.15, 0.2) is 12.4 Å². The number of ether oxygens (including phenoxy) is 2. The summed E-state index contributed by atoms with van der Waals surface area (Å²) in [7, 11) is 6.88. The van der Waals surface area contributed by atoms with Gasteiger partial charge >= 0.3 is 0 Å². The molecule has 50 heavy (non-hydrogen) atoms. The second kappa shape index (κ2) is 22.4. The molecule has 0 saturated carbocycles. The Morgan fingerprint density at radius 1 is 0.620 bits per heavy atom. The number of methoxy groups -OCH3 is 2. The van der Waals surface area contributed by atoms with E-state index in [1.807, 2.05) is 79.0 Å². The Morgan fingerprint density at radius 2 is 1.12 bits per heavy atom. The molecule has 0 aliphatic heterocycles. The van der Waals surface area contributed by atoms with E-state index in [1.165, 1.54) is 0 Å². The SMILES string of the molecule is COc1ccccc1/C=C/c1cccc[n+]1CCCC(=O)CCCSSCCNC(=O)CCC[n+]1ccccc1/C=C/c1ccccc1OC. The number of hydrogen-bond acceptors (Lipinski definition) is 6. The minimum absolute atomic E-state index is 0.0806. The van der Waals surface area contributed by atoms with Gasteiger partial charge in [-0.05, 0) is 42.8 Å². The predicted octanol–water partition coefficient (Wildman–Crippen LogP) is 7.73. The number of nitrogens with one attached hydrogen (secondary N) is 1. The molecule has 9 heteroatoms.